The summed E-state index contributed by atoms with van der Waals surface area (Å²) in [5.41, 5.74) is 2.38. The lowest BCUT2D eigenvalue weighted by molar-refractivity contribution is -0.140. The maximum absolute atomic E-state index is 14.0. The molecule has 1 aliphatic rings. The molecule has 0 fully saturated rings. The van der Waals surface area contributed by atoms with Crippen molar-refractivity contribution < 1.29 is 18.7 Å². The Morgan fingerprint density at radius 1 is 1.29 bits per heavy atom. The Morgan fingerprint density at radius 2 is 2.03 bits per heavy atom. The van der Waals surface area contributed by atoms with E-state index in [4.69, 9.17) is 4.74 Å². The van der Waals surface area contributed by atoms with Crippen molar-refractivity contribution in [3.63, 3.8) is 0 Å². The Morgan fingerprint density at radius 3 is 2.68 bits per heavy atom. The highest BCUT2D eigenvalue weighted by molar-refractivity contribution is 7.99. The van der Waals surface area contributed by atoms with Crippen molar-refractivity contribution in [2.45, 2.75) is 37.0 Å². The Balaban J connectivity index is 2.02. The zero-order chi connectivity index (χ0) is 22.4. The Kier molecular flexibility index (Phi) is 7.94. The number of fused-ring (bicyclic) bond motifs is 1. The molecule has 1 atom stereocenters. The molecule has 0 saturated carbocycles. The van der Waals surface area contributed by atoms with Gasteiger partial charge in [-0.15, -0.1) is 23.5 Å². The number of halogens is 1. The first kappa shape index (κ1) is 23.5. The van der Waals surface area contributed by atoms with Crippen LogP contribution in [-0.2, 0) is 9.53 Å². The predicted octanol–water partition coefficient (Wildman–Crippen LogP) is 6.82. The number of rotatable bonds is 7. The normalized spacial score (nSPS) is 18.9. The Hall–Kier alpha value is -2.12. The highest BCUT2D eigenvalue weighted by Crippen LogP contribution is 2.48. The molecular weight excluding hydrogens is 433 g/mol. The van der Waals surface area contributed by atoms with Gasteiger partial charge in [0, 0.05) is 22.9 Å². The molecule has 2 aromatic carbocycles. The second kappa shape index (κ2) is 10.5. The molecule has 4 nitrogen and oxygen atoms in total. The fraction of sp³-hybridized carbons (Fsp3) is 0.375. The molecule has 0 radical (unpaired) electrons. The summed E-state index contributed by atoms with van der Waals surface area (Å²) in [6.45, 7) is 7.18. The number of nitrogens with zero attached hydrogens (tertiary/aromatic N) is 1. The lowest BCUT2D eigenvalue weighted by Gasteiger charge is -2.33. The van der Waals surface area contributed by atoms with E-state index in [9.17, 15) is 9.18 Å². The van der Waals surface area contributed by atoms with Gasteiger partial charge in [0.25, 0.3) is 0 Å². The molecule has 0 bridgehead atoms. The molecule has 166 valence electrons. The molecule has 0 N–H and O–H groups in total. The number of benzene rings is 2. The number of thioether (sulfide) groups is 2. The number of carbonyl (C=O) groups is 1. The third kappa shape index (κ3) is 5.57. The molecule has 7 heteroatoms. The van der Waals surface area contributed by atoms with Gasteiger partial charge in [0.15, 0.2) is 0 Å². The molecule has 1 heterocycles. The van der Waals surface area contributed by atoms with E-state index in [1.54, 1.807) is 18.7 Å². The Bertz CT molecular complexity index is 951. The molecule has 31 heavy (non-hydrogen) atoms. The fourth-order valence-electron chi connectivity index (χ4n) is 3.29. The SMILES string of the molecule is CCOC(=O)/C(F)=C/Oc1cc2c(cc1SC)N(c1ccccc1)CC(C)(CC)CS2. The molecule has 1 unspecified atom stereocenters. The van der Waals surface area contributed by atoms with Crippen LogP contribution in [0.3, 0.4) is 0 Å². The van der Waals surface area contributed by atoms with Crippen LogP contribution in [0.5, 0.6) is 5.75 Å². The first-order valence-electron chi connectivity index (χ1n) is 10.3. The standard InChI is InChI=1S/C24H28FNO3S2/c1-5-24(3)15-26(17-10-8-7-9-11-17)19-12-22(30-4)20(13-21(19)31-16-24)29-14-18(25)23(27)28-6-2/h7-14H,5-6,15-16H2,1-4H3/b18-14-. The second-order valence-corrected chi connectivity index (χ2v) is 9.51. The second-order valence-electron chi connectivity index (χ2n) is 7.65. The van der Waals surface area contributed by atoms with Crippen molar-refractivity contribution in [1.29, 1.82) is 0 Å². The zero-order valence-corrected chi connectivity index (χ0v) is 19.9. The van der Waals surface area contributed by atoms with Gasteiger partial charge in [0.05, 0.1) is 17.2 Å². The van der Waals surface area contributed by atoms with Gasteiger partial charge in [0.1, 0.15) is 12.0 Å². The van der Waals surface area contributed by atoms with Crippen LogP contribution >= 0.6 is 23.5 Å². The van der Waals surface area contributed by atoms with E-state index in [0.29, 0.717) is 5.75 Å². The van der Waals surface area contributed by atoms with Crippen LogP contribution in [0.4, 0.5) is 15.8 Å². The van der Waals surface area contributed by atoms with Gasteiger partial charge in [-0.3, -0.25) is 0 Å². The quantitative estimate of drug-likeness (QED) is 0.195. The average Bonchev–Trinajstić information content (AvgIpc) is 2.94. The van der Waals surface area contributed by atoms with Gasteiger partial charge in [-0.2, -0.15) is 4.39 Å². The monoisotopic (exact) mass is 461 g/mol. The topological polar surface area (TPSA) is 38.8 Å². The third-order valence-electron chi connectivity index (χ3n) is 5.33. The van der Waals surface area contributed by atoms with Crippen molar-refractivity contribution in [2.24, 2.45) is 5.41 Å². The number of hydrogen-bond acceptors (Lipinski definition) is 6. The molecule has 0 saturated heterocycles. The van der Waals surface area contributed by atoms with Crippen LogP contribution in [0, 0.1) is 5.41 Å². The van der Waals surface area contributed by atoms with Crippen LogP contribution in [0.2, 0.25) is 0 Å². The van der Waals surface area contributed by atoms with E-state index in [1.807, 2.05) is 30.5 Å². The minimum atomic E-state index is -1.05. The molecular formula is C24H28FNO3S2. The maximum atomic E-state index is 14.0. The molecule has 2 aromatic rings. The molecule has 0 amide bonds. The van der Waals surface area contributed by atoms with Crippen LogP contribution in [0.25, 0.3) is 0 Å². The summed E-state index contributed by atoms with van der Waals surface area (Å²) in [5, 5.41) is 0. The zero-order valence-electron chi connectivity index (χ0n) is 18.3. The van der Waals surface area contributed by atoms with Gasteiger partial charge in [-0.1, -0.05) is 32.0 Å². The number of ether oxygens (including phenoxy) is 2. The van der Waals surface area contributed by atoms with Gasteiger partial charge in [-0.05, 0) is 49.3 Å². The number of hydrogen-bond donors (Lipinski definition) is 0. The largest absolute Gasteiger partial charge is 0.461 e. The summed E-state index contributed by atoms with van der Waals surface area (Å²) >= 11 is 3.30. The minimum absolute atomic E-state index is 0.108. The number of esters is 1. The van der Waals surface area contributed by atoms with Gasteiger partial charge in [-0.25, -0.2) is 4.79 Å². The van der Waals surface area contributed by atoms with Gasteiger partial charge < -0.3 is 14.4 Å². The van der Waals surface area contributed by atoms with E-state index in [-0.39, 0.29) is 12.0 Å². The summed E-state index contributed by atoms with van der Waals surface area (Å²) in [5.74, 6) is -0.594. The fourth-order valence-corrected chi connectivity index (χ4v) is 5.13. The summed E-state index contributed by atoms with van der Waals surface area (Å²) in [4.78, 5) is 15.8. The van der Waals surface area contributed by atoms with Gasteiger partial charge >= 0.3 is 5.97 Å². The van der Waals surface area contributed by atoms with E-state index in [1.165, 1.54) is 11.8 Å². The summed E-state index contributed by atoms with van der Waals surface area (Å²) in [7, 11) is 0. The first-order chi connectivity index (χ1) is 14.9. The van der Waals surface area contributed by atoms with Crippen molar-refractivity contribution in [1.82, 2.24) is 0 Å². The summed E-state index contributed by atoms with van der Waals surface area (Å²) < 4.78 is 24.2. The number of anilines is 2. The molecule has 0 aromatic heterocycles. The highest BCUT2D eigenvalue weighted by Gasteiger charge is 2.32. The predicted molar refractivity (Wildman–Crippen MR) is 127 cm³/mol. The summed E-state index contributed by atoms with van der Waals surface area (Å²) in [6.07, 6.45) is 3.84. The van der Waals surface area contributed by atoms with Crippen LogP contribution < -0.4 is 9.64 Å². The smallest absolute Gasteiger partial charge is 0.370 e. The van der Waals surface area contributed by atoms with E-state index in [0.717, 1.165) is 46.1 Å². The van der Waals surface area contributed by atoms with Crippen LogP contribution in [0.1, 0.15) is 27.2 Å². The third-order valence-corrected chi connectivity index (χ3v) is 7.57. The van der Waals surface area contributed by atoms with Crippen molar-refractivity contribution in [3.05, 3.63) is 54.6 Å². The lowest BCUT2D eigenvalue weighted by atomic mass is 9.89. The number of para-hydroxylation sites is 1. The molecule has 1 aliphatic heterocycles. The van der Waals surface area contributed by atoms with Crippen molar-refractivity contribution in [2.75, 3.05) is 30.1 Å². The van der Waals surface area contributed by atoms with Gasteiger partial charge in [0.2, 0.25) is 5.83 Å². The molecule has 3 rings (SSSR count). The minimum Gasteiger partial charge on any atom is -0.461 e. The maximum Gasteiger partial charge on any atom is 0.370 e. The van der Waals surface area contributed by atoms with E-state index in [2.05, 4.69) is 41.7 Å². The van der Waals surface area contributed by atoms with Crippen LogP contribution in [0.15, 0.2) is 64.3 Å². The average molecular weight is 462 g/mol. The van der Waals surface area contributed by atoms with E-state index < -0.39 is 11.8 Å². The number of carbonyl (C=O) groups excluding carboxylic acids is 1. The first-order valence-corrected chi connectivity index (χ1v) is 12.5. The van der Waals surface area contributed by atoms with Crippen molar-refractivity contribution in [3.8, 4) is 5.75 Å². The van der Waals surface area contributed by atoms with Crippen molar-refractivity contribution >= 4 is 40.9 Å². The summed E-state index contributed by atoms with van der Waals surface area (Å²) in [6, 6.07) is 14.4. The molecule has 0 aliphatic carbocycles. The molecule has 0 spiro atoms. The lowest BCUT2D eigenvalue weighted by Crippen LogP contribution is -2.33. The highest BCUT2D eigenvalue weighted by atomic mass is 32.2. The van der Waals surface area contributed by atoms with Crippen LogP contribution in [-0.4, -0.2) is 31.1 Å². The van der Waals surface area contributed by atoms with E-state index >= 15 is 0 Å². The Labute approximate surface area is 192 Å².